The first kappa shape index (κ1) is 16.8. The van der Waals surface area contributed by atoms with Gasteiger partial charge >= 0.3 is 6.36 Å². The lowest BCUT2D eigenvalue weighted by molar-refractivity contribution is -0.275. The molecule has 2 rings (SSSR count). The number of halogens is 4. The van der Waals surface area contributed by atoms with Gasteiger partial charge in [-0.2, -0.15) is 0 Å². The smallest absolute Gasteiger partial charge is 0.403 e. The molecule has 0 unspecified atom stereocenters. The molecule has 23 heavy (non-hydrogen) atoms. The Morgan fingerprint density at radius 3 is 2.30 bits per heavy atom. The summed E-state index contributed by atoms with van der Waals surface area (Å²) in [5, 5.41) is 11.4. The van der Waals surface area contributed by atoms with E-state index in [2.05, 4.69) is 10.1 Å². The lowest BCUT2D eigenvalue weighted by atomic mass is 10.1. The number of amides is 1. The van der Waals surface area contributed by atoms with Gasteiger partial charge in [0.15, 0.2) is 11.6 Å². The Morgan fingerprint density at radius 2 is 1.78 bits per heavy atom. The number of alkyl halides is 3. The summed E-state index contributed by atoms with van der Waals surface area (Å²) in [6.07, 6.45) is -5.01. The quantitative estimate of drug-likeness (QED) is 0.845. The van der Waals surface area contributed by atoms with E-state index in [4.69, 9.17) is 5.11 Å². The average Bonchev–Trinajstić information content (AvgIpc) is 2.48. The van der Waals surface area contributed by atoms with E-state index in [1.807, 2.05) is 0 Å². The predicted octanol–water partition coefficient (Wildman–Crippen LogP) is 3.47. The van der Waals surface area contributed by atoms with Crippen molar-refractivity contribution in [1.82, 2.24) is 0 Å². The number of rotatable bonds is 4. The third-order valence-electron chi connectivity index (χ3n) is 2.81. The van der Waals surface area contributed by atoms with Crippen LogP contribution in [0.2, 0.25) is 0 Å². The van der Waals surface area contributed by atoms with E-state index in [0.717, 1.165) is 12.1 Å². The van der Waals surface area contributed by atoms with E-state index in [9.17, 15) is 22.4 Å². The number of aliphatic hydroxyl groups excluding tert-OH is 1. The van der Waals surface area contributed by atoms with Crippen molar-refractivity contribution in [3.05, 3.63) is 59.4 Å². The molecule has 0 aliphatic heterocycles. The van der Waals surface area contributed by atoms with Crippen LogP contribution in [0.5, 0.6) is 5.75 Å². The highest BCUT2D eigenvalue weighted by Crippen LogP contribution is 2.26. The Morgan fingerprint density at radius 1 is 1.13 bits per heavy atom. The largest absolute Gasteiger partial charge is 0.573 e. The molecule has 0 aliphatic carbocycles. The normalized spacial score (nSPS) is 11.2. The molecule has 122 valence electrons. The standard InChI is InChI=1S/C15H11F4NO3/c16-12-7-10(3-6-13(12)23-15(17,18)19)14(22)20-11-4-1-9(8-21)2-5-11/h1-7,21H,8H2,(H,20,22). The summed E-state index contributed by atoms with van der Waals surface area (Å²) in [5.41, 5.74) is 0.870. The van der Waals surface area contributed by atoms with Crippen molar-refractivity contribution >= 4 is 11.6 Å². The molecule has 2 aromatic carbocycles. The van der Waals surface area contributed by atoms with Gasteiger partial charge in [-0.25, -0.2) is 4.39 Å². The van der Waals surface area contributed by atoms with Crippen LogP contribution in [0.15, 0.2) is 42.5 Å². The number of ether oxygens (including phenoxy) is 1. The molecule has 0 heterocycles. The van der Waals surface area contributed by atoms with Crippen LogP contribution in [0.3, 0.4) is 0 Å². The molecule has 0 bridgehead atoms. The van der Waals surface area contributed by atoms with Crippen LogP contribution in [0, 0.1) is 5.82 Å². The second-order valence-electron chi connectivity index (χ2n) is 4.50. The average molecular weight is 329 g/mol. The number of benzene rings is 2. The van der Waals surface area contributed by atoms with Crippen molar-refractivity contribution in [1.29, 1.82) is 0 Å². The molecule has 2 aromatic rings. The molecule has 0 aromatic heterocycles. The highest BCUT2D eigenvalue weighted by molar-refractivity contribution is 6.04. The lowest BCUT2D eigenvalue weighted by Gasteiger charge is -2.11. The number of carbonyl (C=O) groups is 1. The van der Waals surface area contributed by atoms with Crippen molar-refractivity contribution in [3.63, 3.8) is 0 Å². The summed E-state index contributed by atoms with van der Waals surface area (Å²) < 4.78 is 53.2. The van der Waals surface area contributed by atoms with Gasteiger partial charge in [-0.3, -0.25) is 4.79 Å². The Hall–Kier alpha value is -2.61. The zero-order valence-corrected chi connectivity index (χ0v) is 11.5. The van der Waals surface area contributed by atoms with Crippen LogP contribution in [0.4, 0.5) is 23.2 Å². The lowest BCUT2D eigenvalue weighted by Crippen LogP contribution is -2.18. The number of aliphatic hydroxyl groups is 1. The monoisotopic (exact) mass is 329 g/mol. The molecule has 0 fully saturated rings. The van der Waals surface area contributed by atoms with Gasteiger partial charge in [0.2, 0.25) is 0 Å². The number of carbonyl (C=O) groups excluding carboxylic acids is 1. The first-order valence-electron chi connectivity index (χ1n) is 6.35. The number of hydrogen-bond donors (Lipinski definition) is 2. The van der Waals surface area contributed by atoms with Crippen molar-refractivity contribution in [2.75, 3.05) is 5.32 Å². The summed E-state index contributed by atoms with van der Waals surface area (Å²) in [6.45, 7) is -0.153. The second-order valence-corrected chi connectivity index (χ2v) is 4.50. The topological polar surface area (TPSA) is 58.6 Å². The molecule has 4 nitrogen and oxygen atoms in total. The Balaban J connectivity index is 2.11. The number of anilines is 1. The summed E-state index contributed by atoms with van der Waals surface area (Å²) in [7, 11) is 0. The van der Waals surface area contributed by atoms with Crippen molar-refractivity contribution in [3.8, 4) is 5.75 Å². The third kappa shape index (κ3) is 4.68. The van der Waals surface area contributed by atoms with E-state index in [1.165, 1.54) is 12.1 Å². The van der Waals surface area contributed by atoms with Gasteiger partial charge in [0.25, 0.3) is 5.91 Å². The minimum atomic E-state index is -5.01. The second kappa shape index (κ2) is 6.66. The molecule has 0 saturated carbocycles. The highest BCUT2D eigenvalue weighted by atomic mass is 19.4. The van der Waals surface area contributed by atoms with Gasteiger partial charge in [-0.05, 0) is 35.9 Å². The van der Waals surface area contributed by atoms with Gasteiger partial charge in [0, 0.05) is 11.3 Å². The SMILES string of the molecule is O=C(Nc1ccc(CO)cc1)c1ccc(OC(F)(F)F)c(F)c1. The summed E-state index contributed by atoms with van der Waals surface area (Å²) in [6, 6.07) is 8.61. The molecule has 0 atom stereocenters. The molecular formula is C15H11F4NO3. The molecule has 1 amide bonds. The van der Waals surface area contributed by atoms with E-state index < -0.39 is 23.8 Å². The molecular weight excluding hydrogens is 318 g/mol. The summed E-state index contributed by atoms with van der Waals surface area (Å²) in [4.78, 5) is 11.9. The fraction of sp³-hybridized carbons (Fsp3) is 0.133. The van der Waals surface area contributed by atoms with Crippen LogP contribution >= 0.6 is 0 Å². The zero-order valence-electron chi connectivity index (χ0n) is 11.5. The van der Waals surface area contributed by atoms with Crippen LogP contribution in [-0.4, -0.2) is 17.4 Å². The molecule has 2 N–H and O–H groups in total. The fourth-order valence-corrected chi connectivity index (χ4v) is 1.75. The van der Waals surface area contributed by atoms with Gasteiger partial charge in [0.1, 0.15) is 0 Å². The van der Waals surface area contributed by atoms with E-state index in [0.29, 0.717) is 17.3 Å². The third-order valence-corrected chi connectivity index (χ3v) is 2.81. The van der Waals surface area contributed by atoms with Gasteiger partial charge in [0.05, 0.1) is 6.61 Å². The molecule has 0 saturated heterocycles. The van der Waals surface area contributed by atoms with Gasteiger partial charge in [-0.15, -0.1) is 13.2 Å². The van der Waals surface area contributed by atoms with Crippen molar-refractivity contribution in [2.45, 2.75) is 13.0 Å². The van der Waals surface area contributed by atoms with E-state index in [1.54, 1.807) is 12.1 Å². The first-order chi connectivity index (χ1) is 10.8. The van der Waals surface area contributed by atoms with Crippen LogP contribution in [-0.2, 0) is 6.61 Å². The number of hydrogen-bond acceptors (Lipinski definition) is 3. The van der Waals surface area contributed by atoms with E-state index in [-0.39, 0.29) is 12.2 Å². The molecule has 8 heteroatoms. The predicted molar refractivity (Wildman–Crippen MR) is 73.4 cm³/mol. The van der Waals surface area contributed by atoms with Crippen molar-refractivity contribution < 1.29 is 32.2 Å². The molecule has 0 spiro atoms. The fourth-order valence-electron chi connectivity index (χ4n) is 1.75. The summed E-state index contributed by atoms with van der Waals surface area (Å²) >= 11 is 0. The Labute approximate surface area is 128 Å². The minimum Gasteiger partial charge on any atom is -0.403 e. The van der Waals surface area contributed by atoms with Crippen molar-refractivity contribution in [2.24, 2.45) is 0 Å². The van der Waals surface area contributed by atoms with E-state index >= 15 is 0 Å². The maximum absolute atomic E-state index is 13.5. The van der Waals surface area contributed by atoms with Crippen LogP contribution in [0.25, 0.3) is 0 Å². The zero-order chi connectivity index (χ0) is 17.0. The van der Waals surface area contributed by atoms with Gasteiger partial charge < -0.3 is 15.2 Å². The molecule has 0 aliphatic rings. The molecule has 0 radical (unpaired) electrons. The Kier molecular flexibility index (Phi) is 4.85. The summed E-state index contributed by atoms with van der Waals surface area (Å²) in [5.74, 6) is -3.01. The number of nitrogens with one attached hydrogen (secondary N) is 1. The minimum absolute atomic E-state index is 0.153. The maximum Gasteiger partial charge on any atom is 0.573 e. The van der Waals surface area contributed by atoms with Gasteiger partial charge in [-0.1, -0.05) is 12.1 Å². The van der Waals surface area contributed by atoms with Crippen LogP contribution < -0.4 is 10.1 Å². The highest BCUT2D eigenvalue weighted by Gasteiger charge is 2.32. The van der Waals surface area contributed by atoms with Crippen LogP contribution in [0.1, 0.15) is 15.9 Å². The first-order valence-corrected chi connectivity index (χ1v) is 6.35. The Bertz CT molecular complexity index is 699. The maximum atomic E-state index is 13.5.